The first kappa shape index (κ1) is 19.0. The van der Waals surface area contributed by atoms with Crippen LogP contribution in [-0.4, -0.2) is 61.0 Å². The number of hydrogen-bond acceptors (Lipinski definition) is 3. The molecule has 3 aliphatic rings. The summed E-state index contributed by atoms with van der Waals surface area (Å²) >= 11 is 0. The molecule has 0 bridgehead atoms. The molecule has 124 valence electrons. The van der Waals surface area contributed by atoms with Crippen molar-refractivity contribution in [1.29, 1.82) is 0 Å². The zero-order chi connectivity index (χ0) is 13.1. The minimum atomic E-state index is 0. The molecule has 4 nitrogen and oxygen atoms in total. The first-order valence-corrected chi connectivity index (χ1v) is 8.05. The predicted octanol–water partition coefficient (Wildman–Crippen LogP) is 1.92. The third kappa shape index (κ3) is 4.98. The molecule has 3 rings (SSSR count). The smallest absolute Gasteiger partial charge is 0.222 e. The average Bonchev–Trinajstić information content (AvgIpc) is 2.88. The molecular formula is C15H29Cl2N3O. The van der Waals surface area contributed by atoms with Crippen LogP contribution in [0.25, 0.3) is 0 Å². The van der Waals surface area contributed by atoms with Crippen LogP contribution in [0.15, 0.2) is 0 Å². The van der Waals surface area contributed by atoms with Crippen LogP contribution in [0.2, 0.25) is 0 Å². The van der Waals surface area contributed by atoms with Crippen LogP contribution in [0.1, 0.15) is 38.5 Å². The lowest BCUT2D eigenvalue weighted by Crippen LogP contribution is -2.53. The molecule has 0 spiro atoms. The topological polar surface area (TPSA) is 35.6 Å². The Morgan fingerprint density at radius 3 is 2.29 bits per heavy atom. The van der Waals surface area contributed by atoms with Crippen molar-refractivity contribution in [2.24, 2.45) is 5.92 Å². The lowest BCUT2D eigenvalue weighted by atomic mass is 9.91. The van der Waals surface area contributed by atoms with Crippen molar-refractivity contribution in [2.75, 3.05) is 39.3 Å². The van der Waals surface area contributed by atoms with Gasteiger partial charge in [0.15, 0.2) is 0 Å². The molecule has 1 amide bonds. The number of hydrogen-bond donors (Lipinski definition) is 1. The lowest BCUT2D eigenvalue weighted by molar-refractivity contribution is -0.133. The fourth-order valence-electron chi connectivity index (χ4n) is 3.53. The van der Waals surface area contributed by atoms with Gasteiger partial charge in [-0.25, -0.2) is 0 Å². The second kappa shape index (κ2) is 9.19. The van der Waals surface area contributed by atoms with Crippen LogP contribution in [0, 0.1) is 5.92 Å². The summed E-state index contributed by atoms with van der Waals surface area (Å²) in [6.07, 6.45) is 7.25. The van der Waals surface area contributed by atoms with Crippen LogP contribution in [0.4, 0.5) is 0 Å². The van der Waals surface area contributed by atoms with Gasteiger partial charge in [0.25, 0.3) is 0 Å². The van der Waals surface area contributed by atoms with Gasteiger partial charge in [-0.15, -0.1) is 24.8 Å². The number of rotatable bonds is 4. The highest BCUT2D eigenvalue weighted by molar-refractivity contribution is 5.85. The van der Waals surface area contributed by atoms with E-state index in [-0.39, 0.29) is 24.8 Å². The van der Waals surface area contributed by atoms with Gasteiger partial charge < -0.3 is 10.2 Å². The average molecular weight is 338 g/mol. The number of carbonyl (C=O) groups excluding carboxylic acids is 1. The van der Waals surface area contributed by atoms with Crippen molar-refractivity contribution in [2.45, 2.75) is 44.6 Å². The van der Waals surface area contributed by atoms with Crippen molar-refractivity contribution < 1.29 is 4.79 Å². The minimum Gasteiger partial charge on any atom is -0.340 e. The summed E-state index contributed by atoms with van der Waals surface area (Å²) in [7, 11) is 0. The molecule has 1 N–H and O–H groups in total. The molecule has 0 aromatic rings. The fourth-order valence-corrected chi connectivity index (χ4v) is 3.53. The Morgan fingerprint density at radius 1 is 1.05 bits per heavy atom. The number of amides is 1. The van der Waals surface area contributed by atoms with Crippen molar-refractivity contribution in [3.8, 4) is 0 Å². The van der Waals surface area contributed by atoms with E-state index < -0.39 is 0 Å². The molecule has 6 heteroatoms. The Hall–Kier alpha value is -0.0300. The highest BCUT2D eigenvalue weighted by atomic mass is 35.5. The number of halogens is 2. The Labute approximate surface area is 140 Å². The second-order valence-electron chi connectivity index (χ2n) is 6.40. The SMILES string of the molecule is Cl.Cl.O=C(CCC1CCNC1)N1CCN(C2CCC2)CC1. The van der Waals surface area contributed by atoms with E-state index in [0.717, 1.165) is 64.1 Å². The van der Waals surface area contributed by atoms with Crippen LogP contribution < -0.4 is 5.32 Å². The third-order valence-electron chi connectivity index (χ3n) is 5.19. The highest BCUT2D eigenvalue weighted by Gasteiger charge is 2.29. The third-order valence-corrected chi connectivity index (χ3v) is 5.19. The van der Waals surface area contributed by atoms with Crippen molar-refractivity contribution in [3.63, 3.8) is 0 Å². The number of piperazine rings is 1. The predicted molar refractivity (Wildman–Crippen MR) is 90.5 cm³/mol. The second-order valence-corrected chi connectivity index (χ2v) is 6.40. The van der Waals surface area contributed by atoms with Crippen LogP contribution >= 0.6 is 24.8 Å². The van der Waals surface area contributed by atoms with Gasteiger partial charge in [-0.3, -0.25) is 9.69 Å². The summed E-state index contributed by atoms with van der Waals surface area (Å²) in [5.41, 5.74) is 0. The van der Waals surface area contributed by atoms with Gasteiger partial charge in [0.1, 0.15) is 0 Å². The van der Waals surface area contributed by atoms with E-state index in [1.165, 1.54) is 25.7 Å². The van der Waals surface area contributed by atoms with Gasteiger partial charge >= 0.3 is 0 Å². The van der Waals surface area contributed by atoms with Gasteiger partial charge in [-0.2, -0.15) is 0 Å². The first-order chi connectivity index (χ1) is 9.33. The van der Waals surface area contributed by atoms with Crippen molar-refractivity contribution in [1.82, 2.24) is 15.1 Å². The maximum absolute atomic E-state index is 12.2. The molecule has 0 radical (unpaired) electrons. The Kier molecular flexibility index (Phi) is 8.32. The van der Waals surface area contributed by atoms with E-state index in [9.17, 15) is 4.79 Å². The van der Waals surface area contributed by atoms with E-state index >= 15 is 0 Å². The molecular weight excluding hydrogens is 309 g/mol. The summed E-state index contributed by atoms with van der Waals surface area (Å²) in [6.45, 7) is 6.36. The van der Waals surface area contributed by atoms with Gasteiger partial charge in [-0.1, -0.05) is 6.42 Å². The molecule has 1 aliphatic carbocycles. The van der Waals surface area contributed by atoms with E-state index in [2.05, 4.69) is 15.1 Å². The number of carbonyl (C=O) groups is 1. The molecule has 1 atom stereocenters. The number of nitrogens with one attached hydrogen (secondary N) is 1. The minimum absolute atomic E-state index is 0. The zero-order valence-corrected chi connectivity index (χ0v) is 14.4. The molecule has 0 aromatic heterocycles. The lowest BCUT2D eigenvalue weighted by Gasteiger charge is -2.43. The summed E-state index contributed by atoms with van der Waals surface area (Å²) < 4.78 is 0. The maximum Gasteiger partial charge on any atom is 0.222 e. The first-order valence-electron chi connectivity index (χ1n) is 8.05. The number of nitrogens with zero attached hydrogens (tertiary/aromatic N) is 2. The van der Waals surface area contributed by atoms with Gasteiger partial charge in [0.05, 0.1) is 0 Å². The van der Waals surface area contributed by atoms with Gasteiger partial charge in [0.2, 0.25) is 5.91 Å². The molecule has 21 heavy (non-hydrogen) atoms. The maximum atomic E-state index is 12.2. The van der Waals surface area contributed by atoms with Crippen LogP contribution in [-0.2, 0) is 4.79 Å². The quantitative estimate of drug-likeness (QED) is 0.851. The Balaban J connectivity index is 0.00000110. The van der Waals surface area contributed by atoms with Gasteiger partial charge in [0, 0.05) is 38.6 Å². The van der Waals surface area contributed by atoms with Gasteiger partial charge in [-0.05, 0) is 44.7 Å². The van der Waals surface area contributed by atoms with Crippen LogP contribution in [0.3, 0.4) is 0 Å². The summed E-state index contributed by atoms with van der Waals surface area (Å²) in [6, 6.07) is 0.835. The van der Waals surface area contributed by atoms with E-state index in [1.54, 1.807) is 0 Å². The summed E-state index contributed by atoms with van der Waals surface area (Å²) in [5.74, 6) is 1.13. The van der Waals surface area contributed by atoms with E-state index in [1.807, 2.05) is 0 Å². The molecule has 1 saturated carbocycles. The summed E-state index contributed by atoms with van der Waals surface area (Å²) in [5, 5.41) is 3.38. The van der Waals surface area contributed by atoms with E-state index in [0.29, 0.717) is 5.91 Å². The normalized spacial score (nSPS) is 26.7. The largest absolute Gasteiger partial charge is 0.340 e. The Morgan fingerprint density at radius 2 is 1.76 bits per heavy atom. The van der Waals surface area contributed by atoms with Crippen molar-refractivity contribution in [3.05, 3.63) is 0 Å². The molecule has 0 aromatic carbocycles. The monoisotopic (exact) mass is 337 g/mol. The van der Waals surface area contributed by atoms with Crippen molar-refractivity contribution >= 4 is 30.7 Å². The molecule has 2 aliphatic heterocycles. The highest BCUT2D eigenvalue weighted by Crippen LogP contribution is 2.25. The molecule has 1 unspecified atom stereocenters. The summed E-state index contributed by atoms with van der Waals surface area (Å²) in [4.78, 5) is 16.9. The van der Waals surface area contributed by atoms with E-state index in [4.69, 9.17) is 0 Å². The fraction of sp³-hybridized carbons (Fsp3) is 0.933. The molecule has 2 heterocycles. The molecule has 2 saturated heterocycles. The standard InChI is InChI=1S/C15H27N3O.2ClH/c19-15(5-4-13-6-7-16-12-13)18-10-8-17(9-11-18)14-2-1-3-14;;/h13-14,16H,1-12H2;2*1H. The van der Waals surface area contributed by atoms with Crippen LogP contribution in [0.5, 0.6) is 0 Å². The zero-order valence-electron chi connectivity index (χ0n) is 12.8. The molecule has 3 fully saturated rings. The Bertz CT molecular complexity index is 312.